The minimum Gasteiger partial charge on any atom is -0.376 e. The van der Waals surface area contributed by atoms with Crippen LogP contribution in [0.1, 0.15) is 33.4 Å². The SMILES string of the molecule is OC1(c2ccccc2)c2ccc(-n3c4ccccc4c4ccccc43)cc2C(O)(c2ccccc2)c2ccc(-n3c4ccccc4c4ccccc43)cc21. The average Bonchev–Trinajstić information content (AvgIpc) is 3.76. The average molecular weight is 695 g/mol. The Morgan fingerprint density at radius 1 is 0.296 bits per heavy atom. The summed E-state index contributed by atoms with van der Waals surface area (Å²) in [4.78, 5) is 0. The molecule has 2 aromatic heterocycles. The molecule has 0 bridgehead atoms. The molecule has 0 radical (unpaired) electrons. The lowest BCUT2D eigenvalue weighted by atomic mass is 9.63. The number of aliphatic hydroxyl groups is 2. The molecule has 2 heterocycles. The van der Waals surface area contributed by atoms with Crippen LogP contribution in [0.2, 0.25) is 0 Å². The Bertz CT molecular complexity index is 2770. The fourth-order valence-corrected chi connectivity index (χ4v) is 9.24. The first-order valence-electron chi connectivity index (χ1n) is 18.4. The van der Waals surface area contributed by atoms with E-state index in [0.29, 0.717) is 22.3 Å². The van der Waals surface area contributed by atoms with Gasteiger partial charge in [-0.05, 0) is 70.8 Å². The lowest BCUT2D eigenvalue weighted by Crippen LogP contribution is -2.44. The summed E-state index contributed by atoms with van der Waals surface area (Å²) in [6.45, 7) is 0. The molecule has 2 unspecified atom stereocenters. The normalized spacial score (nSPS) is 18.0. The van der Waals surface area contributed by atoms with Gasteiger partial charge in [-0.2, -0.15) is 0 Å². The summed E-state index contributed by atoms with van der Waals surface area (Å²) in [5, 5.41) is 31.9. The zero-order valence-electron chi connectivity index (χ0n) is 29.3. The van der Waals surface area contributed by atoms with Crippen molar-refractivity contribution in [3.63, 3.8) is 0 Å². The highest BCUT2D eigenvalue weighted by Crippen LogP contribution is 2.54. The lowest BCUT2D eigenvalue weighted by Gasteiger charge is -2.45. The van der Waals surface area contributed by atoms with Crippen molar-refractivity contribution in [3.8, 4) is 11.4 Å². The van der Waals surface area contributed by atoms with Crippen molar-refractivity contribution in [3.05, 3.63) is 228 Å². The number of rotatable bonds is 4. The van der Waals surface area contributed by atoms with Crippen molar-refractivity contribution in [2.75, 3.05) is 0 Å². The van der Waals surface area contributed by atoms with Crippen molar-refractivity contribution in [1.82, 2.24) is 9.13 Å². The van der Waals surface area contributed by atoms with E-state index < -0.39 is 11.2 Å². The third kappa shape index (κ3) is 4.09. The van der Waals surface area contributed by atoms with Crippen LogP contribution in [0.4, 0.5) is 0 Å². The van der Waals surface area contributed by atoms with Gasteiger partial charge in [0.1, 0.15) is 11.2 Å². The second-order valence-corrected chi connectivity index (χ2v) is 14.4. The number of aromatic nitrogens is 2. The summed E-state index contributed by atoms with van der Waals surface area (Å²) in [7, 11) is 0. The molecule has 0 saturated heterocycles. The topological polar surface area (TPSA) is 50.3 Å². The van der Waals surface area contributed by atoms with Crippen LogP contribution >= 0.6 is 0 Å². The first kappa shape index (κ1) is 30.9. The molecule has 1 aliphatic rings. The lowest BCUT2D eigenvalue weighted by molar-refractivity contribution is 0.0748. The molecule has 4 heteroatoms. The molecule has 54 heavy (non-hydrogen) atoms. The van der Waals surface area contributed by atoms with Crippen LogP contribution in [0.5, 0.6) is 0 Å². The molecule has 4 nitrogen and oxygen atoms in total. The molecule has 2 atom stereocenters. The predicted octanol–water partition coefficient (Wildman–Crippen LogP) is 10.8. The minimum absolute atomic E-state index is 0.636. The summed E-state index contributed by atoms with van der Waals surface area (Å²) in [6.07, 6.45) is 0. The quantitative estimate of drug-likeness (QED) is 0.193. The largest absolute Gasteiger partial charge is 0.376 e. The van der Waals surface area contributed by atoms with Gasteiger partial charge in [-0.1, -0.05) is 146 Å². The summed E-state index contributed by atoms with van der Waals surface area (Å²) in [6, 6.07) is 65.9. The molecule has 1 aliphatic carbocycles. The molecule has 0 fully saturated rings. The molecule has 11 rings (SSSR count). The zero-order valence-corrected chi connectivity index (χ0v) is 29.3. The van der Waals surface area contributed by atoms with Crippen LogP contribution < -0.4 is 0 Å². The van der Waals surface area contributed by atoms with Gasteiger partial charge in [0.2, 0.25) is 0 Å². The highest BCUT2D eigenvalue weighted by atomic mass is 16.3. The maximum absolute atomic E-state index is 13.6. The molecule has 256 valence electrons. The van der Waals surface area contributed by atoms with Gasteiger partial charge < -0.3 is 19.3 Å². The summed E-state index contributed by atoms with van der Waals surface area (Å²) in [5.74, 6) is 0. The van der Waals surface area contributed by atoms with Crippen molar-refractivity contribution >= 4 is 43.6 Å². The minimum atomic E-state index is -1.60. The van der Waals surface area contributed by atoms with Gasteiger partial charge in [0, 0.05) is 44.0 Å². The van der Waals surface area contributed by atoms with Gasteiger partial charge >= 0.3 is 0 Å². The van der Waals surface area contributed by atoms with Gasteiger partial charge in [-0.25, -0.2) is 0 Å². The van der Waals surface area contributed by atoms with E-state index in [1.165, 1.54) is 0 Å². The Hall–Kier alpha value is -6.72. The van der Waals surface area contributed by atoms with Crippen LogP contribution in [0.25, 0.3) is 55.0 Å². The van der Waals surface area contributed by atoms with Crippen molar-refractivity contribution < 1.29 is 10.2 Å². The first-order valence-corrected chi connectivity index (χ1v) is 18.4. The highest BCUT2D eigenvalue weighted by Gasteiger charge is 2.51. The molecule has 0 aliphatic heterocycles. The van der Waals surface area contributed by atoms with E-state index in [-0.39, 0.29) is 0 Å². The highest BCUT2D eigenvalue weighted by molar-refractivity contribution is 6.10. The Kier molecular flexibility index (Phi) is 6.51. The van der Waals surface area contributed by atoms with E-state index in [9.17, 15) is 10.2 Å². The third-order valence-corrected chi connectivity index (χ3v) is 11.6. The van der Waals surface area contributed by atoms with Crippen LogP contribution in [0.3, 0.4) is 0 Å². The number of hydrogen-bond donors (Lipinski definition) is 2. The maximum atomic E-state index is 13.6. The van der Waals surface area contributed by atoms with Crippen molar-refractivity contribution in [2.24, 2.45) is 0 Å². The second-order valence-electron chi connectivity index (χ2n) is 14.4. The number of para-hydroxylation sites is 4. The number of hydrogen-bond acceptors (Lipinski definition) is 2. The van der Waals surface area contributed by atoms with E-state index in [2.05, 4.69) is 130 Å². The first-order chi connectivity index (χ1) is 26.6. The van der Waals surface area contributed by atoms with Crippen LogP contribution in [0.15, 0.2) is 194 Å². The van der Waals surface area contributed by atoms with Gasteiger partial charge in [-0.15, -0.1) is 0 Å². The Morgan fingerprint density at radius 3 is 0.926 bits per heavy atom. The van der Waals surface area contributed by atoms with Gasteiger partial charge in [0.15, 0.2) is 0 Å². The van der Waals surface area contributed by atoms with E-state index in [1.54, 1.807) is 0 Å². The third-order valence-electron chi connectivity index (χ3n) is 11.6. The van der Waals surface area contributed by atoms with Gasteiger partial charge in [0.25, 0.3) is 0 Å². The van der Waals surface area contributed by atoms with Crippen molar-refractivity contribution in [1.29, 1.82) is 0 Å². The van der Waals surface area contributed by atoms with Gasteiger partial charge in [0.05, 0.1) is 22.1 Å². The molecule has 10 aromatic rings. The molecule has 2 N–H and O–H groups in total. The molecule has 0 spiro atoms. The second kappa shape index (κ2) is 11.4. The van der Waals surface area contributed by atoms with E-state index in [1.807, 2.05) is 72.8 Å². The number of benzene rings is 8. The van der Waals surface area contributed by atoms with E-state index in [4.69, 9.17) is 0 Å². The smallest absolute Gasteiger partial charge is 0.141 e. The van der Waals surface area contributed by atoms with Crippen LogP contribution in [-0.4, -0.2) is 19.3 Å². The predicted molar refractivity (Wildman–Crippen MR) is 219 cm³/mol. The monoisotopic (exact) mass is 694 g/mol. The Balaban J connectivity index is 1.24. The standard InChI is InChI=1S/C50H34N2O2/c53-49(33-15-3-1-4-16-33)41-29-27-36(52-47-25-13-9-21-39(47)40-22-10-14-26-48(40)52)32-44(41)50(54,34-17-5-2-6-18-34)42-30-28-35(31-43(42)49)51-45-23-11-7-19-37(45)38-20-8-12-24-46(38)51/h1-32,53-54H. The molecular formula is C50H34N2O2. The summed E-state index contributed by atoms with van der Waals surface area (Å²) in [5.41, 5.74) is 6.92. The van der Waals surface area contributed by atoms with Crippen LogP contribution in [0, 0.1) is 0 Å². The molecular weight excluding hydrogens is 661 g/mol. The van der Waals surface area contributed by atoms with E-state index >= 15 is 0 Å². The van der Waals surface area contributed by atoms with Crippen molar-refractivity contribution in [2.45, 2.75) is 11.2 Å². The molecule has 0 saturated carbocycles. The number of fused-ring (bicyclic) bond motifs is 8. The maximum Gasteiger partial charge on any atom is 0.141 e. The Labute approximate surface area is 312 Å². The summed E-state index contributed by atoms with van der Waals surface area (Å²) >= 11 is 0. The fraction of sp³-hybridized carbons (Fsp3) is 0.0400. The van der Waals surface area contributed by atoms with E-state index in [0.717, 1.165) is 66.1 Å². The van der Waals surface area contributed by atoms with Crippen LogP contribution in [-0.2, 0) is 11.2 Å². The Morgan fingerprint density at radius 2 is 0.593 bits per heavy atom. The van der Waals surface area contributed by atoms with Gasteiger partial charge in [-0.3, -0.25) is 0 Å². The summed E-state index contributed by atoms with van der Waals surface area (Å²) < 4.78 is 4.53. The number of nitrogens with zero attached hydrogens (tertiary/aromatic N) is 2. The molecule has 8 aromatic carbocycles. The molecule has 0 amide bonds. The fourth-order valence-electron chi connectivity index (χ4n) is 9.24. The zero-order chi connectivity index (χ0) is 36.0.